The van der Waals surface area contributed by atoms with Gasteiger partial charge in [-0.05, 0) is 45.0 Å². The lowest BCUT2D eigenvalue weighted by Crippen LogP contribution is -2.40. The van der Waals surface area contributed by atoms with Crippen molar-refractivity contribution in [2.45, 2.75) is 31.2 Å². The Morgan fingerprint density at radius 2 is 1.90 bits per heavy atom. The van der Waals surface area contributed by atoms with Gasteiger partial charge in [0.15, 0.2) is 0 Å². The molecule has 7 heteroatoms. The minimum absolute atomic E-state index is 0.0271. The molecule has 0 aromatic heterocycles. The minimum Gasteiger partial charge on any atom is -0.489 e. The van der Waals surface area contributed by atoms with Gasteiger partial charge >= 0.3 is 0 Å². The molecular formula is C14H21FN2O3S. The number of sulfonamides is 1. The molecule has 0 fully saturated rings. The summed E-state index contributed by atoms with van der Waals surface area (Å²) in [4.78, 5) is 0.143. The zero-order valence-electron chi connectivity index (χ0n) is 12.4. The zero-order valence-corrected chi connectivity index (χ0v) is 13.2. The van der Waals surface area contributed by atoms with Crippen LogP contribution in [0.15, 0.2) is 41.1 Å². The van der Waals surface area contributed by atoms with Crippen molar-refractivity contribution in [3.8, 4) is 5.75 Å². The maximum atomic E-state index is 12.3. The van der Waals surface area contributed by atoms with Crippen LogP contribution in [0.5, 0.6) is 5.75 Å². The van der Waals surface area contributed by atoms with Crippen LogP contribution in [-0.4, -0.2) is 27.1 Å². The van der Waals surface area contributed by atoms with Gasteiger partial charge in [0.25, 0.3) is 0 Å². The van der Waals surface area contributed by atoms with E-state index in [1.807, 2.05) is 0 Å². The summed E-state index contributed by atoms with van der Waals surface area (Å²) in [5.41, 5.74) is 5.07. The van der Waals surface area contributed by atoms with E-state index in [4.69, 9.17) is 10.5 Å². The molecule has 0 aliphatic rings. The first-order valence-corrected chi connectivity index (χ1v) is 7.91. The molecule has 0 heterocycles. The molecular weight excluding hydrogens is 295 g/mol. The third-order valence-corrected chi connectivity index (χ3v) is 4.19. The number of nitrogens with two attached hydrogens (primary N) is 1. The van der Waals surface area contributed by atoms with Gasteiger partial charge in [0.1, 0.15) is 12.4 Å². The Labute approximate surface area is 125 Å². The van der Waals surface area contributed by atoms with Gasteiger partial charge < -0.3 is 10.5 Å². The van der Waals surface area contributed by atoms with Crippen LogP contribution in [0, 0.1) is 0 Å². The number of hydrogen-bond acceptors (Lipinski definition) is 4. The molecule has 0 spiro atoms. The van der Waals surface area contributed by atoms with Gasteiger partial charge in [-0.2, -0.15) is 0 Å². The van der Waals surface area contributed by atoms with E-state index < -0.39 is 15.6 Å². The highest BCUT2D eigenvalue weighted by molar-refractivity contribution is 7.89. The van der Waals surface area contributed by atoms with Gasteiger partial charge in [-0.1, -0.05) is 0 Å². The second kappa shape index (κ2) is 7.02. The predicted octanol–water partition coefficient (Wildman–Crippen LogP) is 1.95. The van der Waals surface area contributed by atoms with Crippen molar-refractivity contribution in [2.24, 2.45) is 5.73 Å². The van der Waals surface area contributed by atoms with Crippen molar-refractivity contribution < 1.29 is 17.5 Å². The second-order valence-corrected chi connectivity index (χ2v) is 7.27. The summed E-state index contributed by atoms with van der Waals surface area (Å²) in [6.45, 7) is 5.39. The van der Waals surface area contributed by atoms with Crippen LogP contribution in [0.2, 0.25) is 0 Å². The maximum Gasteiger partial charge on any atom is 0.241 e. The summed E-state index contributed by atoms with van der Waals surface area (Å²) in [6, 6.07) is 5.91. The number of rotatable bonds is 6. The van der Waals surface area contributed by atoms with E-state index in [0.717, 1.165) is 0 Å². The van der Waals surface area contributed by atoms with E-state index >= 15 is 0 Å². The van der Waals surface area contributed by atoms with Crippen LogP contribution < -0.4 is 15.2 Å². The van der Waals surface area contributed by atoms with Gasteiger partial charge in [-0.15, -0.1) is 0 Å². The van der Waals surface area contributed by atoms with E-state index in [2.05, 4.69) is 4.72 Å². The quantitative estimate of drug-likeness (QED) is 0.840. The van der Waals surface area contributed by atoms with E-state index in [1.54, 1.807) is 20.8 Å². The summed E-state index contributed by atoms with van der Waals surface area (Å²) in [5, 5.41) is 0. The molecule has 0 saturated carbocycles. The van der Waals surface area contributed by atoms with Crippen molar-refractivity contribution in [3.05, 3.63) is 36.2 Å². The first-order chi connectivity index (χ1) is 9.68. The number of hydrogen-bond donors (Lipinski definition) is 2. The van der Waals surface area contributed by atoms with Gasteiger partial charge in [-0.25, -0.2) is 17.5 Å². The zero-order chi connectivity index (χ0) is 16.1. The summed E-state index contributed by atoms with van der Waals surface area (Å²) >= 11 is 0. The van der Waals surface area contributed by atoms with Crippen molar-refractivity contribution in [2.75, 3.05) is 13.2 Å². The molecule has 21 heavy (non-hydrogen) atoms. The fraction of sp³-hybridized carbons (Fsp3) is 0.429. The fourth-order valence-electron chi connectivity index (χ4n) is 1.49. The molecule has 1 aromatic rings. The maximum absolute atomic E-state index is 12.3. The smallest absolute Gasteiger partial charge is 0.241 e. The monoisotopic (exact) mass is 316 g/mol. The van der Waals surface area contributed by atoms with E-state index in [0.29, 0.717) is 17.7 Å². The summed E-state index contributed by atoms with van der Waals surface area (Å²) in [5.74, 6) is 0.442. The molecule has 0 unspecified atom stereocenters. The average Bonchev–Trinajstić information content (AvgIpc) is 2.38. The third kappa shape index (κ3) is 5.82. The lowest BCUT2D eigenvalue weighted by atomic mass is 10.1. The van der Waals surface area contributed by atoms with E-state index in [9.17, 15) is 12.8 Å². The van der Waals surface area contributed by atoms with Crippen LogP contribution in [-0.2, 0) is 10.0 Å². The molecule has 0 aliphatic carbocycles. The van der Waals surface area contributed by atoms with Gasteiger partial charge in [0, 0.05) is 17.7 Å². The molecule has 3 N–H and O–H groups in total. The first-order valence-electron chi connectivity index (χ1n) is 6.43. The lowest BCUT2D eigenvalue weighted by Gasteiger charge is -2.20. The van der Waals surface area contributed by atoms with Crippen LogP contribution in [0.3, 0.4) is 0 Å². The van der Waals surface area contributed by atoms with Crippen molar-refractivity contribution in [1.82, 2.24) is 4.72 Å². The fourth-order valence-corrected chi connectivity index (χ4v) is 2.91. The van der Waals surface area contributed by atoms with E-state index in [-0.39, 0.29) is 18.0 Å². The molecule has 0 saturated heterocycles. The second-order valence-electron chi connectivity index (χ2n) is 5.59. The molecule has 5 nitrogen and oxygen atoms in total. The molecule has 0 amide bonds. The van der Waals surface area contributed by atoms with Crippen molar-refractivity contribution in [1.29, 1.82) is 0 Å². The van der Waals surface area contributed by atoms with Gasteiger partial charge in [-0.3, -0.25) is 0 Å². The minimum atomic E-state index is -3.57. The topological polar surface area (TPSA) is 81.4 Å². The number of halogens is 1. The molecule has 118 valence electrons. The molecule has 0 atom stereocenters. The predicted molar refractivity (Wildman–Crippen MR) is 80.3 cm³/mol. The highest BCUT2D eigenvalue weighted by atomic mass is 32.2. The Kier molecular flexibility index (Phi) is 5.88. The highest BCUT2D eigenvalue weighted by Crippen LogP contribution is 2.18. The summed E-state index contributed by atoms with van der Waals surface area (Å²) < 4.78 is 44.4. The molecule has 1 aromatic carbocycles. The molecule has 1 rings (SSSR count). The van der Waals surface area contributed by atoms with Crippen LogP contribution >= 0.6 is 0 Å². The number of ether oxygens (including phenoxy) is 1. The Hall–Kier alpha value is -1.44. The Balaban J connectivity index is 2.79. The largest absolute Gasteiger partial charge is 0.489 e. The third-order valence-electron chi connectivity index (χ3n) is 2.42. The van der Waals surface area contributed by atoms with E-state index in [1.165, 1.54) is 24.3 Å². The molecule has 0 bridgehead atoms. The van der Waals surface area contributed by atoms with Crippen LogP contribution in [0.25, 0.3) is 0 Å². The number of nitrogens with one attached hydrogen (secondary N) is 1. The Morgan fingerprint density at radius 3 is 2.33 bits per heavy atom. The first kappa shape index (κ1) is 17.6. The number of benzene rings is 1. The highest BCUT2D eigenvalue weighted by Gasteiger charge is 2.21. The summed E-state index contributed by atoms with van der Waals surface area (Å²) in [7, 11) is -3.57. The van der Waals surface area contributed by atoms with Crippen LogP contribution in [0.1, 0.15) is 20.8 Å². The van der Waals surface area contributed by atoms with Crippen LogP contribution in [0.4, 0.5) is 4.39 Å². The molecule has 0 radical (unpaired) electrons. The average molecular weight is 316 g/mol. The Morgan fingerprint density at radius 1 is 1.33 bits per heavy atom. The Bertz CT molecular complexity index is 590. The van der Waals surface area contributed by atoms with Gasteiger partial charge in [0.2, 0.25) is 10.0 Å². The van der Waals surface area contributed by atoms with Crippen molar-refractivity contribution in [3.63, 3.8) is 0 Å². The normalized spacial score (nSPS) is 13.3. The standard InChI is InChI=1S/C14H21FN2O3S/c1-14(2,3)17-21(18,19)13-6-4-12(5-7-13)20-10-11(8-15)9-16/h4-8,17H,9-10,16H2,1-3H3/b11-8+. The van der Waals surface area contributed by atoms with Gasteiger partial charge in [0.05, 0.1) is 11.2 Å². The SMILES string of the molecule is CC(C)(C)NS(=O)(=O)c1ccc(OC/C(=C/F)CN)cc1. The molecule has 0 aliphatic heterocycles. The lowest BCUT2D eigenvalue weighted by molar-refractivity contribution is 0.347. The summed E-state index contributed by atoms with van der Waals surface area (Å²) in [6.07, 6.45) is 0.409. The van der Waals surface area contributed by atoms with Crippen molar-refractivity contribution >= 4 is 10.0 Å².